The van der Waals surface area contributed by atoms with Gasteiger partial charge in [-0.15, -0.1) is 0 Å². The van der Waals surface area contributed by atoms with E-state index in [1.54, 1.807) is 6.20 Å². The molecule has 0 radical (unpaired) electrons. The Morgan fingerprint density at radius 1 is 1.10 bits per heavy atom. The molecule has 0 N–H and O–H groups in total. The van der Waals surface area contributed by atoms with Gasteiger partial charge in [0.25, 0.3) is 0 Å². The molecule has 5 heteroatoms. The molecule has 0 aliphatic carbocycles. The minimum absolute atomic E-state index is 0.445. The maximum Gasteiger partial charge on any atom is 0.227 e. The third-order valence-electron chi connectivity index (χ3n) is 3.17. The lowest BCUT2D eigenvalue weighted by Crippen LogP contribution is -1.98. The molecule has 0 saturated heterocycles. The largest absolute Gasteiger partial charge is 0.438 e. The number of halogens is 1. The van der Waals surface area contributed by atoms with E-state index in [1.807, 2.05) is 30.3 Å². The highest BCUT2D eigenvalue weighted by molar-refractivity contribution is 6.30. The Balaban J connectivity index is 2.05. The summed E-state index contributed by atoms with van der Waals surface area (Å²) in [5.41, 5.74) is 1.72. The first-order valence-corrected chi connectivity index (χ1v) is 7.18. The Morgan fingerprint density at radius 2 is 2.00 bits per heavy atom. The third kappa shape index (κ3) is 2.81. The summed E-state index contributed by atoms with van der Waals surface area (Å²) < 4.78 is 5.98. The minimum atomic E-state index is 0.445. The number of hydrogen-bond acceptors (Lipinski definition) is 4. The van der Waals surface area contributed by atoms with Crippen molar-refractivity contribution >= 4 is 22.5 Å². The Kier molecular flexibility index (Phi) is 3.97. The van der Waals surface area contributed by atoms with Crippen LogP contribution in [-0.2, 0) is 6.42 Å². The summed E-state index contributed by atoms with van der Waals surface area (Å²) in [5.74, 6) is 1.22. The van der Waals surface area contributed by atoms with Gasteiger partial charge in [0.05, 0.1) is 11.1 Å². The molecule has 4 nitrogen and oxygen atoms in total. The van der Waals surface area contributed by atoms with Crippen molar-refractivity contribution in [2.45, 2.75) is 19.8 Å². The normalized spacial score (nSPS) is 10.8. The molecule has 0 unspecified atom stereocenters. The molecule has 0 aliphatic rings. The molecule has 0 fully saturated rings. The van der Waals surface area contributed by atoms with E-state index >= 15 is 0 Å². The van der Waals surface area contributed by atoms with Crippen LogP contribution >= 0.6 is 11.6 Å². The molecule has 1 aromatic carbocycles. The maximum absolute atomic E-state index is 6.15. The van der Waals surface area contributed by atoms with E-state index in [2.05, 4.69) is 21.9 Å². The summed E-state index contributed by atoms with van der Waals surface area (Å²) in [6, 6.07) is 9.61. The van der Waals surface area contributed by atoms with Gasteiger partial charge in [-0.05, 0) is 30.7 Å². The highest BCUT2D eigenvalue weighted by Crippen LogP contribution is 2.31. The second-order valence-electron chi connectivity index (χ2n) is 4.63. The average molecular weight is 300 g/mol. The molecule has 3 aromatic rings. The predicted molar refractivity (Wildman–Crippen MR) is 82.9 cm³/mol. The van der Waals surface area contributed by atoms with Gasteiger partial charge in [-0.1, -0.05) is 31.0 Å². The lowest BCUT2D eigenvalue weighted by molar-refractivity contribution is 0.459. The number of aromatic nitrogens is 3. The van der Waals surface area contributed by atoms with E-state index in [9.17, 15) is 0 Å². The molecule has 0 saturated carbocycles. The van der Waals surface area contributed by atoms with E-state index in [0.717, 1.165) is 29.3 Å². The molecule has 0 spiro atoms. The molecule has 0 bridgehead atoms. The van der Waals surface area contributed by atoms with Crippen molar-refractivity contribution < 1.29 is 4.74 Å². The molecule has 21 heavy (non-hydrogen) atoms. The second kappa shape index (κ2) is 6.06. The quantitative estimate of drug-likeness (QED) is 0.669. The van der Waals surface area contributed by atoms with Gasteiger partial charge < -0.3 is 4.74 Å². The summed E-state index contributed by atoms with van der Waals surface area (Å²) in [4.78, 5) is 12.6. The predicted octanol–water partition coefficient (Wildman–Crippen LogP) is 4.42. The second-order valence-corrected chi connectivity index (χ2v) is 4.98. The van der Waals surface area contributed by atoms with Crippen LogP contribution in [0.3, 0.4) is 0 Å². The first-order chi connectivity index (χ1) is 10.3. The monoisotopic (exact) mass is 299 g/mol. The molecule has 0 aliphatic heterocycles. The Hall–Kier alpha value is -2.20. The summed E-state index contributed by atoms with van der Waals surface area (Å²) in [5, 5.41) is 1.39. The van der Waals surface area contributed by atoms with Gasteiger partial charge in [0, 0.05) is 11.6 Å². The molecule has 3 rings (SSSR count). The number of ether oxygens (including phenoxy) is 1. The lowest BCUT2D eigenvalue weighted by Gasteiger charge is -2.11. The summed E-state index contributed by atoms with van der Waals surface area (Å²) in [7, 11) is 0. The molecule has 2 aromatic heterocycles. The summed E-state index contributed by atoms with van der Waals surface area (Å²) in [6.07, 6.45) is 4.90. The number of pyridine rings is 1. The first-order valence-electron chi connectivity index (χ1n) is 6.80. The van der Waals surface area contributed by atoms with Gasteiger partial charge in [-0.25, -0.2) is 9.97 Å². The van der Waals surface area contributed by atoms with E-state index in [4.69, 9.17) is 16.3 Å². The van der Waals surface area contributed by atoms with Crippen molar-refractivity contribution in [3.05, 3.63) is 53.6 Å². The van der Waals surface area contributed by atoms with Crippen LogP contribution in [0, 0.1) is 0 Å². The zero-order chi connectivity index (χ0) is 14.7. The number of fused-ring (bicyclic) bond motifs is 1. The number of benzene rings is 1. The zero-order valence-corrected chi connectivity index (χ0v) is 12.3. The maximum atomic E-state index is 6.15. The van der Waals surface area contributed by atoms with E-state index < -0.39 is 0 Å². The smallest absolute Gasteiger partial charge is 0.227 e. The third-order valence-corrected chi connectivity index (χ3v) is 3.49. The highest BCUT2D eigenvalue weighted by atomic mass is 35.5. The van der Waals surface area contributed by atoms with Crippen molar-refractivity contribution in [2.75, 3.05) is 0 Å². The van der Waals surface area contributed by atoms with Crippen LogP contribution in [0.4, 0.5) is 0 Å². The molecule has 0 amide bonds. The van der Waals surface area contributed by atoms with E-state index in [1.165, 1.54) is 6.33 Å². The molecular weight excluding hydrogens is 286 g/mol. The van der Waals surface area contributed by atoms with Crippen molar-refractivity contribution in [3.8, 4) is 11.6 Å². The van der Waals surface area contributed by atoms with Crippen molar-refractivity contribution in [1.29, 1.82) is 0 Å². The fourth-order valence-corrected chi connectivity index (χ4v) is 2.41. The van der Waals surface area contributed by atoms with Crippen LogP contribution in [0.5, 0.6) is 11.6 Å². The topological polar surface area (TPSA) is 47.9 Å². The fraction of sp³-hybridized carbons (Fsp3) is 0.188. The van der Waals surface area contributed by atoms with Crippen molar-refractivity contribution in [3.63, 3.8) is 0 Å². The molecule has 2 heterocycles. The van der Waals surface area contributed by atoms with Crippen molar-refractivity contribution in [2.24, 2.45) is 0 Å². The Labute approximate surface area is 127 Å². The van der Waals surface area contributed by atoms with Crippen LogP contribution in [0.15, 0.2) is 42.9 Å². The summed E-state index contributed by atoms with van der Waals surface area (Å²) >= 11 is 6.15. The van der Waals surface area contributed by atoms with Crippen LogP contribution in [0.2, 0.25) is 5.15 Å². The number of hydrogen-bond donors (Lipinski definition) is 0. The standard InChI is InChI=1S/C16H14ClN3O/c1-2-5-12-15(17)19-10-20-16(12)21-14-8-3-7-13-11(14)6-4-9-18-13/h3-4,6-10H,2,5H2,1H3. The lowest BCUT2D eigenvalue weighted by atomic mass is 10.2. The molecule has 106 valence electrons. The SMILES string of the molecule is CCCc1c(Cl)ncnc1Oc1cccc2ncccc12. The van der Waals surface area contributed by atoms with Gasteiger partial charge in [0.15, 0.2) is 0 Å². The van der Waals surface area contributed by atoms with Crippen LogP contribution in [-0.4, -0.2) is 15.0 Å². The molecular formula is C16H14ClN3O. The van der Waals surface area contributed by atoms with Crippen LogP contribution < -0.4 is 4.74 Å². The van der Waals surface area contributed by atoms with Gasteiger partial charge in [-0.3, -0.25) is 4.98 Å². The fourth-order valence-electron chi connectivity index (χ4n) is 2.19. The Bertz CT molecular complexity index is 771. The van der Waals surface area contributed by atoms with Gasteiger partial charge >= 0.3 is 0 Å². The average Bonchev–Trinajstić information content (AvgIpc) is 2.51. The Morgan fingerprint density at radius 3 is 2.86 bits per heavy atom. The van der Waals surface area contributed by atoms with E-state index in [0.29, 0.717) is 16.8 Å². The van der Waals surface area contributed by atoms with Crippen molar-refractivity contribution in [1.82, 2.24) is 15.0 Å². The number of rotatable bonds is 4. The minimum Gasteiger partial charge on any atom is -0.438 e. The molecule has 0 atom stereocenters. The summed E-state index contributed by atoms with van der Waals surface area (Å²) in [6.45, 7) is 2.08. The van der Waals surface area contributed by atoms with Gasteiger partial charge in [0.2, 0.25) is 5.88 Å². The van der Waals surface area contributed by atoms with E-state index in [-0.39, 0.29) is 0 Å². The van der Waals surface area contributed by atoms with Gasteiger partial charge in [0.1, 0.15) is 17.2 Å². The highest BCUT2D eigenvalue weighted by Gasteiger charge is 2.12. The van der Waals surface area contributed by atoms with Gasteiger partial charge in [-0.2, -0.15) is 0 Å². The van der Waals surface area contributed by atoms with Crippen LogP contribution in [0.1, 0.15) is 18.9 Å². The number of nitrogens with zero attached hydrogens (tertiary/aromatic N) is 3. The zero-order valence-electron chi connectivity index (χ0n) is 11.6. The first kappa shape index (κ1) is 13.8. The van der Waals surface area contributed by atoms with Crippen LogP contribution in [0.25, 0.3) is 10.9 Å².